The Hall–Kier alpha value is -0.200. The molecule has 0 aliphatic carbocycles. The van der Waals surface area contributed by atoms with Crippen LogP contribution >= 0.6 is 0 Å². The number of ether oxygens (including phenoxy) is 1. The Bertz CT molecular complexity index is 201. The molecule has 1 saturated heterocycles. The zero-order valence-electron chi connectivity index (χ0n) is 7.93. The Balaban J connectivity index is 3.00. The Labute approximate surface area is 76.6 Å². The quantitative estimate of drug-likeness (QED) is 0.378. The number of aliphatic hydroxyl groups is 4. The topological polar surface area (TPSA) is 90.2 Å². The van der Waals surface area contributed by atoms with Gasteiger partial charge in [-0.15, -0.1) is 0 Å². The molecule has 0 unspecified atom stereocenters. The van der Waals surface area contributed by atoms with Gasteiger partial charge in [0.05, 0.1) is 6.10 Å². The van der Waals surface area contributed by atoms with Crippen molar-refractivity contribution in [1.29, 1.82) is 0 Å². The third-order valence-electron chi connectivity index (χ3n) is 2.87. The second kappa shape index (κ2) is 2.90. The molecular weight excluding hydrogens is 176 g/mol. The highest BCUT2D eigenvalue weighted by molar-refractivity contribution is 5.05. The van der Waals surface area contributed by atoms with Crippen LogP contribution < -0.4 is 0 Å². The highest BCUT2D eigenvalue weighted by Crippen LogP contribution is 2.36. The summed E-state index contributed by atoms with van der Waals surface area (Å²) in [6.45, 7) is 3.99. The zero-order chi connectivity index (χ0) is 10.4. The second-order valence-corrected chi connectivity index (χ2v) is 3.93. The summed E-state index contributed by atoms with van der Waals surface area (Å²) in [6, 6.07) is 0. The van der Waals surface area contributed by atoms with Crippen LogP contribution in [0.5, 0.6) is 0 Å². The van der Waals surface area contributed by atoms with Gasteiger partial charge in [-0.1, -0.05) is 0 Å². The lowest BCUT2D eigenvalue weighted by molar-refractivity contribution is -0.348. The molecule has 0 aromatic rings. The fourth-order valence-electron chi connectivity index (χ4n) is 1.42. The molecule has 5 heteroatoms. The summed E-state index contributed by atoms with van der Waals surface area (Å²) in [5.74, 6) is 0. The van der Waals surface area contributed by atoms with Crippen LogP contribution in [0.2, 0.25) is 0 Å². The average Bonchev–Trinajstić information content (AvgIpc) is 2.00. The normalized spacial score (nSPS) is 57.9. The monoisotopic (exact) mass is 192 g/mol. The predicted octanol–water partition coefficient (Wildman–Crippen LogP) is -1.41. The van der Waals surface area contributed by atoms with Gasteiger partial charge in [0.2, 0.25) is 0 Å². The molecule has 5 atom stereocenters. The van der Waals surface area contributed by atoms with Crippen molar-refractivity contribution in [2.45, 2.75) is 50.5 Å². The summed E-state index contributed by atoms with van der Waals surface area (Å²) in [5.41, 5.74) is -3.66. The van der Waals surface area contributed by atoms with E-state index in [1.165, 1.54) is 20.8 Å². The lowest BCUT2D eigenvalue weighted by Gasteiger charge is -2.50. The highest BCUT2D eigenvalue weighted by Gasteiger charge is 2.58. The summed E-state index contributed by atoms with van der Waals surface area (Å²) in [6.07, 6.45) is -3.45. The van der Waals surface area contributed by atoms with Gasteiger partial charge < -0.3 is 25.2 Å². The van der Waals surface area contributed by atoms with E-state index in [0.29, 0.717) is 0 Å². The largest absolute Gasteiger partial charge is 0.387 e. The molecule has 0 spiro atoms. The molecule has 0 saturated carbocycles. The van der Waals surface area contributed by atoms with Crippen molar-refractivity contribution in [2.24, 2.45) is 0 Å². The van der Waals surface area contributed by atoms with E-state index in [1.807, 2.05) is 0 Å². The molecule has 1 rings (SSSR count). The summed E-state index contributed by atoms with van der Waals surface area (Å²) in [4.78, 5) is 0. The Kier molecular flexibility index (Phi) is 2.42. The lowest BCUT2D eigenvalue weighted by atomic mass is 9.77. The minimum absolute atomic E-state index is 0.717. The molecule has 0 aromatic carbocycles. The SMILES string of the molecule is C[C@H]1O[C@@H](O)[C@](C)(O)[C@@](C)(O)[C@H]1O. The molecular formula is C8H16O5. The fraction of sp³-hybridized carbons (Fsp3) is 1.00. The number of rotatable bonds is 0. The lowest BCUT2D eigenvalue weighted by Crippen LogP contribution is -2.70. The maximum absolute atomic E-state index is 9.77. The van der Waals surface area contributed by atoms with Crippen LogP contribution in [0.15, 0.2) is 0 Å². The Morgan fingerprint density at radius 2 is 1.54 bits per heavy atom. The van der Waals surface area contributed by atoms with Gasteiger partial charge in [0.15, 0.2) is 6.29 Å². The van der Waals surface area contributed by atoms with E-state index in [-0.39, 0.29) is 0 Å². The van der Waals surface area contributed by atoms with Crippen molar-refractivity contribution >= 4 is 0 Å². The van der Waals surface area contributed by atoms with Gasteiger partial charge in [-0.25, -0.2) is 0 Å². The van der Waals surface area contributed by atoms with Crippen molar-refractivity contribution in [3.8, 4) is 0 Å². The van der Waals surface area contributed by atoms with Crippen LogP contribution in [0.3, 0.4) is 0 Å². The van der Waals surface area contributed by atoms with Crippen molar-refractivity contribution in [1.82, 2.24) is 0 Å². The maximum atomic E-state index is 9.77. The van der Waals surface area contributed by atoms with Gasteiger partial charge in [-0.2, -0.15) is 0 Å². The summed E-state index contributed by atoms with van der Waals surface area (Å²) >= 11 is 0. The van der Waals surface area contributed by atoms with Crippen LogP contribution in [0, 0.1) is 0 Å². The Morgan fingerprint density at radius 3 is 2.00 bits per heavy atom. The van der Waals surface area contributed by atoms with E-state index >= 15 is 0 Å². The standard InChI is InChI=1S/C8H16O5/c1-4-5(9)7(2,11)8(3,12)6(10)13-4/h4-6,9-12H,1-3H3/t4-,5+,6-,7+,8+/m1/s1. The minimum Gasteiger partial charge on any atom is -0.387 e. The van der Waals surface area contributed by atoms with Crippen LogP contribution in [0.25, 0.3) is 0 Å². The predicted molar refractivity (Wildman–Crippen MR) is 43.8 cm³/mol. The molecule has 0 amide bonds. The summed E-state index contributed by atoms with van der Waals surface area (Å²) < 4.78 is 4.84. The van der Waals surface area contributed by atoms with Gasteiger partial charge in [0.25, 0.3) is 0 Å². The third-order valence-corrected chi connectivity index (χ3v) is 2.87. The second-order valence-electron chi connectivity index (χ2n) is 3.93. The zero-order valence-corrected chi connectivity index (χ0v) is 7.93. The van der Waals surface area contributed by atoms with Crippen LogP contribution in [0.4, 0.5) is 0 Å². The van der Waals surface area contributed by atoms with Crippen molar-refractivity contribution in [3.05, 3.63) is 0 Å². The van der Waals surface area contributed by atoms with Gasteiger partial charge >= 0.3 is 0 Å². The third kappa shape index (κ3) is 1.37. The average molecular weight is 192 g/mol. The van der Waals surface area contributed by atoms with Crippen LogP contribution in [-0.4, -0.2) is 50.1 Å². The maximum Gasteiger partial charge on any atom is 0.186 e. The fourth-order valence-corrected chi connectivity index (χ4v) is 1.42. The molecule has 1 aliphatic heterocycles. The molecule has 78 valence electrons. The molecule has 13 heavy (non-hydrogen) atoms. The molecule has 0 bridgehead atoms. The summed E-state index contributed by atoms with van der Waals surface area (Å²) in [5, 5.41) is 38.3. The van der Waals surface area contributed by atoms with Crippen molar-refractivity contribution in [2.75, 3.05) is 0 Å². The smallest absolute Gasteiger partial charge is 0.186 e. The van der Waals surface area contributed by atoms with Gasteiger partial charge in [0.1, 0.15) is 17.3 Å². The molecule has 1 aliphatic rings. The van der Waals surface area contributed by atoms with Gasteiger partial charge in [-0.05, 0) is 20.8 Å². The molecule has 4 N–H and O–H groups in total. The molecule has 5 nitrogen and oxygen atoms in total. The van der Waals surface area contributed by atoms with E-state index < -0.39 is 29.7 Å². The molecule has 1 fully saturated rings. The summed E-state index contributed by atoms with van der Waals surface area (Å²) in [7, 11) is 0. The van der Waals surface area contributed by atoms with Gasteiger partial charge in [-0.3, -0.25) is 0 Å². The number of hydrogen-bond acceptors (Lipinski definition) is 5. The molecule has 0 aromatic heterocycles. The van der Waals surface area contributed by atoms with E-state index in [4.69, 9.17) is 4.74 Å². The molecule has 1 heterocycles. The Morgan fingerprint density at radius 1 is 1.08 bits per heavy atom. The first-order chi connectivity index (χ1) is 5.71. The molecule has 0 radical (unpaired) electrons. The van der Waals surface area contributed by atoms with Crippen molar-refractivity contribution in [3.63, 3.8) is 0 Å². The van der Waals surface area contributed by atoms with E-state index in [9.17, 15) is 20.4 Å². The highest BCUT2D eigenvalue weighted by atomic mass is 16.6. The number of aliphatic hydroxyl groups excluding tert-OH is 2. The van der Waals surface area contributed by atoms with E-state index in [2.05, 4.69) is 0 Å². The van der Waals surface area contributed by atoms with E-state index in [1.54, 1.807) is 0 Å². The first-order valence-electron chi connectivity index (χ1n) is 4.17. The van der Waals surface area contributed by atoms with Crippen molar-refractivity contribution < 1.29 is 25.2 Å². The first-order valence-corrected chi connectivity index (χ1v) is 4.17. The first kappa shape index (κ1) is 10.9. The van der Waals surface area contributed by atoms with E-state index in [0.717, 1.165) is 0 Å². The van der Waals surface area contributed by atoms with Crippen LogP contribution in [-0.2, 0) is 4.74 Å². The van der Waals surface area contributed by atoms with Gasteiger partial charge in [0, 0.05) is 0 Å². The number of hydrogen-bond donors (Lipinski definition) is 4. The minimum atomic E-state index is -1.88. The van der Waals surface area contributed by atoms with Crippen LogP contribution in [0.1, 0.15) is 20.8 Å².